The number of para-hydroxylation sites is 1. The SMILES string of the molecule is COCc1nnc2n1CCN(C(=O)c1cccc3c1OCCO3)[C@@H](C)C2. The maximum atomic E-state index is 13.2. The molecule has 0 aliphatic carbocycles. The summed E-state index contributed by atoms with van der Waals surface area (Å²) in [5.41, 5.74) is 0.545. The van der Waals surface area contributed by atoms with Gasteiger partial charge < -0.3 is 23.7 Å². The summed E-state index contributed by atoms with van der Waals surface area (Å²) in [4.78, 5) is 15.1. The van der Waals surface area contributed by atoms with Gasteiger partial charge in [-0.25, -0.2) is 0 Å². The molecule has 2 aliphatic heterocycles. The third kappa shape index (κ3) is 2.90. The van der Waals surface area contributed by atoms with Gasteiger partial charge in [-0.15, -0.1) is 10.2 Å². The number of hydrogen-bond donors (Lipinski definition) is 0. The lowest BCUT2D eigenvalue weighted by Crippen LogP contribution is -2.40. The van der Waals surface area contributed by atoms with E-state index in [0.29, 0.717) is 56.4 Å². The lowest BCUT2D eigenvalue weighted by molar-refractivity contribution is 0.0684. The molecule has 4 rings (SSSR count). The number of fused-ring (bicyclic) bond motifs is 2. The molecule has 1 atom stereocenters. The summed E-state index contributed by atoms with van der Waals surface area (Å²) < 4.78 is 18.6. The van der Waals surface area contributed by atoms with Crippen LogP contribution >= 0.6 is 0 Å². The molecule has 0 N–H and O–H groups in total. The molecule has 2 aliphatic rings. The van der Waals surface area contributed by atoms with E-state index in [1.807, 2.05) is 28.5 Å². The zero-order valence-corrected chi connectivity index (χ0v) is 15.0. The molecule has 1 aromatic carbocycles. The number of carbonyl (C=O) groups is 1. The average Bonchev–Trinajstić information content (AvgIpc) is 2.94. The van der Waals surface area contributed by atoms with Crippen LogP contribution in [0.1, 0.15) is 28.9 Å². The second-order valence-corrected chi connectivity index (χ2v) is 6.50. The monoisotopic (exact) mass is 358 g/mol. The van der Waals surface area contributed by atoms with Crippen molar-refractivity contribution in [1.82, 2.24) is 19.7 Å². The van der Waals surface area contributed by atoms with E-state index in [0.717, 1.165) is 11.6 Å². The van der Waals surface area contributed by atoms with Crippen molar-refractivity contribution in [2.45, 2.75) is 32.5 Å². The quantitative estimate of drug-likeness (QED) is 0.823. The molecule has 0 spiro atoms. The van der Waals surface area contributed by atoms with Crippen molar-refractivity contribution < 1.29 is 19.0 Å². The maximum absolute atomic E-state index is 13.2. The highest BCUT2D eigenvalue weighted by Gasteiger charge is 2.30. The van der Waals surface area contributed by atoms with Gasteiger partial charge in [-0.1, -0.05) is 6.07 Å². The van der Waals surface area contributed by atoms with Gasteiger partial charge >= 0.3 is 0 Å². The van der Waals surface area contributed by atoms with E-state index < -0.39 is 0 Å². The Balaban J connectivity index is 1.60. The number of methoxy groups -OCH3 is 1. The molecule has 0 saturated heterocycles. The second-order valence-electron chi connectivity index (χ2n) is 6.50. The molecule has 2 aromatic rings. The Morgan fingerprint density at radius 1 is 1.27 bits per heavy atom. The minimum absolute atomic E-state index is 0.00344. The largest absolute Gasteiger partial charge is 0.486 e. The van der Waals surface area contributed by atoms with Gasteiger partial charge in [-0.3, -0.25) is 4.79 Å². The molecule has 0 fully saturated rings. The summed E-state index contributed by atoms with van der Waals surface area (Å²) in [5.74, 6) is 2.79. The maximum Gasteiger partial charge on any atom is 0.258 e. The fourth-order valence-electron chi connectivity index (χ4n) is 3.52. The van der Waals surface area contributed by atoms with Crippen LogP contribution in [0.3, 0.4) is 0 Å². The molecular weight excluding hydrogens is 336 g/mol. The predicted molar refractivity (Wildman–Crippen MR) is 92.4 cm³/mol. The Hall–Kier alpha value is -2.61. The van der Waals surface area contributed by atoms with Crippen molar-refractivity contribution in [2.75, 3.05) is 26.9 Å². The molecule has 26 heavy (non-hydrogen) atoms. The van der Waals surface area contributed by atoms with Crippen molar-refractivity contribution in [3.63, 3.8) is 0 Å². The van der Waals surface area contributed by atoms with Crippen LogP contribution in [-0.4, -0.2) is 58.5 Å². The van der Waals surface area contributed by atoms with Crippen LogP contribution in [0.2, 0.25) is 0 Å². The van der Waals surface area contributed by atoms with Gasteiger partial charge in [0.2, 0.25) is 0 Å². The third-order valence-corrected chi connectivity index (χ3v) is 4.81. The Labute approximate surface area is 151 Å². The molecule has 0 radical (unpaired) electrons. The minimum Gasteiger partial charge on any atom is -0.486 e. The second kappa shape index (κ2) is 6.95. The molecule has 0 bridgehead atoms. The summed E-state index contributed by atoms with van der Waals surface area (Å²) in [7, 11) is 1.64. The molecule has 138 valence electrons. The van der Waals surface area contributed by atoms with Crippen LogP contribution in [0.5, 0.6) is 11.5 Å². The first kappa shape index (κ1) is 16.8. The predicted octanol–water partition coefficient (Wildman–Crippen LogP) is 1.28. The zero-order chi connectivity index (χ0) is 18.1. The highest BCUT2D eigenvalue weighted by molar-refractivity contribution is 5.98. The van der Waals surface area contributed by atoms with Crippen LogP contribution < -0.4 is 9.47 Å². The van der Waals surface area contributed by atoms with Crippen molar-refractivity contribution in [1.29, 1.82) is 0 Å². The van der Waals surface area contributed by atoms with E-state index in [9.17, 15) is 4.79 Å². The number of carbonyl (C=O) groups excluding carboxylic acids is 1. The summed E-state index contributed by atoms with van der Waals surface area (Å²) in [5, 5.41) is 8.47. The Morgan fingerprint density at radius 2 is 2.12 bits per heavy atom. The fraction of sp³-hybridized carbons (Fsp3) is 0.500. The molecule has 0 saturated carbocycles. The van der Waals surface area contributed by atoms with Crippen LogP contribution in [-0.2, 0) is 24.3 Å². The van der Waals surface area contributed by atoms with E-state index in [1.165, 1.54) is 0 Å². The van der Waals surface area contributed by atoms with Crippen LogP contribution in [0.4, 0.5) is 0 Å². The van der Waals surface area contributed by atoms with Gasteiger partial charge in [0.1, 0.15) is 25.6 Å². The highest BCUT2D eigenvalue weighted by Crippen LogP contribution is 2.34. The van der Waals surface area contributed by atoms with Crippen LogP contribution in [0.25, 0.3) is 0 Å². The topological polar surface area (TPSA) is 78.7 Å². The fourth-order valence-corrected chi connectivity index (χ4v) is 3.52. The molecule has 8 nitrogen and oxygen atoms in total. The molecule has 1 amide bonds. The average molecular weight is 358 g/mol. The lowest BCUT2D eigenvalue weighted by atomic mass is 10.1. The number of hydrogen-bond acceptors (Lipinski definition) is 6. The molecule has 3 heterocycles. The van der Waals surface area contributed by atoms with Crippen LogP contribution in [0, 0.1) is 0 Å². The smallest absolute Gasteiger partial charge is 0.258 e. The summed E-state index contributed by atoms with van der Waals surface area (Å²) >= 11 is 0. The van der Waals surface area contributed by atoms with Gasteiger partial charge in [0.15, 0.2) is 17.3 Å². The number of ether oxygens (including phenoxy) is 3. The molecular formula is C18H22N4O4. The Bertz CT molecular complexity index is 820. The Kier molecular flexibility index (Phi) is 4.50. The van der Waals surface area contributed by atoms with E-state index in [-0.39, 0.29) is 11.9 Å². The summed E-state index contributed by atoms with van der Waals surface area (Å²) in [6.07, 6.45) is 0.648. The van der Waals surface area contributed by atoms with Crippen molar-refractivity contribution >= 4 is 5.91 Å². The van der Waals surface area contributed by atoms with Gasteiger partial charge in [-0.2, -0.15) is 0 Å². The third-order valence-electron chi connectivity index (χ3n) is 4.81. The van der Waals surface area contributed by atoms with Gasteiger partial charge in [0.05, 0.1) is 5.56 Å². The molecule has 0 unspecified atom stereocenters. The zero-order valence-electron chi connectivity index (χ0n) is 15.0. The number of amides is 1. The first-order valence-electron chi connectivity index (χ1n) is 8.78. The van der Waals surface area contributed by atoms with E-state index in [4.69, 9.17) is 14.2 Å². The standard InChI is InChI=1S/C18H22N4O4/c1-12-10-15-19-20-16(11-24-2)22(15)7-6-21(12)18(23)13-4-3-5-14-17(13)26-9-8-25-14/h3-5,12H,6-11H2,1-2H3/t12-/m0/s1. The number of nitrogens with zero attached hydrogens (tertiary/aromatic N) is 4. The van der Waals surface area contributed by atoms with Crippen molar-refractivity contribution in [2.24, 2.45) is 0 Å². The van der Waals surface area contributed by atoms with E-state index >= 15 is 0 Å². The van der Waals surface area contributed by atoms with Gasteiger partial charge in [-0.05, 0) is 19.1 Å². The molecule has 8 heteroatoms. The van der Waals surface area contributed by atoms with Crippen LogP contribution in [0.15, 0.2) is 18.2 Å². The highest BCUT2D eigenvalue weighted by atomic mass is 16.6. The number of aromatic nitrogens is 3. The first-order chi connectivity index (χ1) is 12.7. The van der Waals surface area contributed by atoms with Gasteiger partial charge in [0, 0.05) is 32.7 Å². The normalized spacial score (nSPS) is 19.0. The Morgan fingerprint density at radius 3 is 2.96 bits per heavy atom. The minimum atomic E-state index is -0.0492. The van der Waals surface area contributed by atoms with E-state index in [1.54, 1.807) is 13.2 Å². The molecule has 1 aromatic heterocycles. The van der Waals surface area contributed by atoms with Gasteiger partial charge in [0.25, 0.3) is 5.91 Å². The summed E-state index contributed by atoms with van der Waals surface area (Å²) in [6, 6.07) is 5.46. The first-order valence-corrected chi connectivity index (χ1v) is 8.78. The summed E-state index contributed by atoms with van der Waals surface area (Å²) in [6.45, 7) is 4.61. The van der Waals surface area contributed by atoms with Crippen molar-refractivity contribution in [3.8, 4) is 11.5 Å². The van der Waals surface area contributed by atoms with Crippen molar-refractivity contribution in [3.05, 3.63) is 35.4 Å². The lowest BCUT2D eigenvalue weighted by Gasteiger charge is -2.28. The van der Waals surface area contributed by atoms with E-state index in [2.05, 4.69) is 10.2 Å². The number of benzene rings is 1. The number of rotatable bonds is 3.